The second-order valence-electron chi connectivity index (χ2n) is 5.97. The molecule has 1 heterocycles. The van der Waals surface area contributed by atoms with Crippen LogP contribution in [-0.2, 0) is 5.41 Å². The van der Waals surface area contributed by atoms with Crippen LogP contribution in [0.3, 0.4) is 0 Å². The Morgan fingerprint density at radius 2 is 1.80 bits per heavy atom. The van der Waals surface area contributed by atoms with Crippen LogP contribution < -0.4 is 10.5 Å². The summed E-state index contributed by atoms with van der Waals surface area (Å²) in [4.78, 5) is 8.43. The van der Waals surface area contributed by atoms with E-state index in [1.165, 1.54) is 5.56 Å². The van der Waals surface area contributed by atoms with Gasteiger partial charge in [0.2, 0.25) is 5.88 Å². The maximum Gasteiger partial charge on any atom is 0.227 e. The highest BCUT2D eigenvalue weighted by Gasteiger charge is 2.15. The Kier molecular flexibility index (Phi) is 3.66. The molecule has 0 amide bonds. The van der Waals surface area contributed by atoms with Crippen LogP contribution >= 0.6 is 0 Å². The largest absolute Gasteiger partial charge is 0.439 e. The highest BCUT2D eigenvalue weighted by molar-refractivity contribution is 5.46. The normalized spacial score (nSPS) is 11.4. The van der Waals surface area contributed by atoms with E-state index in [0.29, 0.717) is 17.5 Å². The van der Waals surface area contributed by atoms with Crippen LogP contribution in [0.5, 0.6) is 11.6 Å². The summed E-state index contributed by atoms with van der Waals surface area (Å²) < 4.78 is 5.88. The Hall–Kier alpha value is -2.10. The van der Waals surface area contributed by atoms with Crippen LogP contribution in [0.15, 0.2) is 24.3 Å². The second-order valence-corrected chi connectivity index (χ2v) is 5.97. The van der Waals surface area contributed by atoms with Gasteiger partial charge in [-0.2, -0.15) is 4.98 Å². The number of nitrogens with zero attached hydrogens (tertiary/aromatic N) is 2. The molecule has 2 rings (SSSR count). The van der Waals surface area contributed by atoms with Gasteiger partial charge in [0.25, 0.3) is 0 Å². The molecular formula is C16H21N3O. The Bertz CT molecular complexity index is 630. The first-order valence-corrected chi connectivity index (χ1v) is 6.66. The second kappa shape index (κ2) is 5.12. The smallest absolute Gasteiger partial charge is 0.227 e. The zero-order chi connectivity index (χ0) is 14.9. The van der Waals surface area contributed by atoms with Crippen molar-refractivity contribution in [2.24, 2.45) is 0 Å². The Morgan fingerprint density at radius 1 is 1.10 bits per heavy atom. The third-order valence-corrected chi connectivity index (χ3v) is 3.17. The lowest BCUT2D eigenvalue weighted by molar-refractivity contribution is 0.453. The molecule has 1 aromatic carbocycles. The van der Waals surface area contributed by atoms with Crippen LogP contribution in [0.4, 0.5) is 5.82 Å². The number of hydrogen-bond donors (Lipinski definition) is 1. The van der Waals surface area contributed by atoms with Gasteiger partial charge in [-0.1, -0.05) is 32.9 Å². The molecule has 0 fully saturated rings. The average Bonchev–Trinajstić information content (AvgIpc) is 2.35. The zero-order valence-corrected chi connectivity index (χ0v) is 12.7. The quantitative estimate of drug-likeness (QED) is 0.903. The van der Waals surface area contributed by atoms with E-state index in [1.54, 1.807) is 6.92 Å². The molecule has 20 heavy (non-hydrogen) atoms. The molecule has 0 bridgehead atoms. The van der Waals surface area contributed by atoms with Crippen molar-refractivity contribution in [3.63, 3.8) is 0 Å². The minimum atomic E-state index is 0.0784. The van der Waals surface area contributed by atoms with Crippen LogP contribution in [0.2, 0.25) is 0 Å². The van der Waals surface area contributed by atoms with Crippen molar-refractivity contribution in [2.45, 2.75) is 40.0 Å². The molecule has 2 N–H and O–H groups in total. The van der Waals surface area contributed by atoms with E-state index in [9.17, 15) is 0 Å². The number of benzene rings is 1. The standard InChI is InChI=1S/C16H21N3O/c1-10-14(17)18-11(2)19-15(10)20-13-8-6-7-12(9-13)16(3,4)5/h6-9H,1-5H3,(H2,17,18,19). The van der Waals surface area contributed by atoms with E-state index >= 15 is 0 Å². The van der Waals surface area contributed by atoms with Crippen LogP contribution in [-0.4, -0.2) is 9.97 Å². The lowest BCUT2D eigenvalue weighted by atomic mass is 9.87. The van der Waals surface area contributed by atoms with Crippen LogP contribution in [0.25, 0.3) is 0 Å². The third kappa shape index (κ3) is 3.07. The van der Waals surface area contributed by atoms with Gasteiger partial charge in [0.15, 0.2) is 0 Å². The fourth-order valence-electron chi connectivity index (χ4n) is 1.86. The van der Waals surface area contributed by atoms with Crippen LogP contribution in [0, 0.1) is 13.8 Å². The minimum absolute atomic E-state index is 0.0784. The molecule has 1 aromatic heterocycles. The fourth-order valence-corrected chi connectivity index (χ4v) is 1.86. The summed E-state index contributed by atoms with van der Waals surface area (Å²) in [6, 6.07) is 8.04. The summed E-state index contributed by atoms with van der Waals surface area (Å²) in [6.07, 6.45) is 0. The number of nitrogen functional groups attached to an aromatic ring is 1. The van der Waals surface area contributed by atoms with Gasteiger partial charge in [0.1, 0.15) is 17.4 Å². The molecule has 0 atom stereocenters. The molecule has 0 unspecified atom stereocenters. The first-order chi connectivity index (χ1) is 9.27. The number of ether oxygens (including phenoxy) is 1. The SMILES string of the molecule is Cc1nc(N)c(C)c(Oc2cccc(C(C)(C)C)c2)n1. The lowest BCUT2D eigenvalue weighted by Crippen LogP contribution is -2.10. The molecule has 0 spiro atoms. The van der Waals surface area contributed by atoms with Gasteiger partial charge in [-0.3, -0.25) is 0 Å². The molecule has 0 aliphatic rings. The summed E-state index contributed by atoms with van der Waals surface area (Å²) in [5, 5.41) is 0. The van der Waals surface area contributed by atoms with Crippen molar-refractivity contribution >= 4 is 5.82 Å². The molecule has 0 aliphatic heterocycles. The van der Waals surface area contributed by atoms with Gasteiger partial charge in [-0.25, -0.2) is 4.98 Å². The Labute approximate surface area is 120 Å². The number of aryl methyl sites for hydroxylation is 1. The van der Waals surface area contributed by atoms with Gasteiger partial charge < -0.3 is 10.5 Å². The predicted octanol–water partition coefficient (Wildman–Crippen LogP) is 3.77. The van der Waals surface area contributed by atoms with E-state index in [2.05, 4.69) is 36.8 Å². The van der Waals surface area contributed by atoms with E-state index in [0.717, 1.165) is 11.3 Å². The lowest BCUT2D eigenvalue weighted by Gasteiger charge is -2.19. The molecule has 106 valence electrons. The molecule has 4 heteroatoms. The number of aromatic nitrogens is 2. The van der Waals surface area contributed by atoms with Crippen molar-refractivity contribution < 1.29 is 4.74 Å². The van der Waals surface area contributed by atoms with Gasteiger partial charge >= 0.3 is 0 Å². The predicted molar refractivity (Wildman–Crippen MR) is 81.1 cm³/mol. The van der Waals surface area contributed by atoms with E-state index in [1.807, 2.05) is 25.1 Å². The Morgan fingerprint density at radius 3 is 2.45 bits per heavy atom. The average molecular weight is 271 g/mol. The summed E-state index contributed by atoms with van der Waals surface area (Å²) in [5.41, 5.74) is 7.90. The summed E-state index contributed by atoms with van der Waals surface area (Å²) in [5.74, 6) is 2.34. The van der Waals surface area contributed by atoms with Gasteiger partial charge in [-0.05, 0) is 37.0 Å². The number of rotatable bonds is 2. The highest BCUT2D eigenvalue weighted by Crippen LogP contribution is 2.29. The number of hydrogen-bond acceptors (Lipinski definition) is 4. The van der Waals surface area contributed by atoms with Crippen molar-refractivity contribution in [2.75, 3.05) is 5.73 Å². The molecule has 4 nitrogen and oxygen atoms in total. The summed E-state index contributed by atoms with van der Waals surface area (Å²) >= 11 is 0. The zero-order valence-electron chi connectivity index (χ0n) is 12.7. The molecule has 0 saturated carbocycles. The van der Waals surface area contributed by atoms with Crippen molar-refractivity contribution in [3.05, 3.63) is 41.2 Å². The van der Waals surface area contributed by atoms with Crippen molar-refractivity contribution in [3.8, 4) is 11.6 Å². The van der Waals surface area contributed by atoms with E-state index in [4.69, 9.17) is 10.5 Å². The van der Waals surface area contributed by atoms with Crippen LogP contribution in [0.1, 0.15) is 37.7 Å². The summed E-state index contributed by atoms with van der Waals surface area (Å²) in [7, 11) is 0. The topological polar surface area (TPSA) is 61.0 Å². The Balaban J connectivity index is 2.36. The maximum absolute atomic E-state index is 5.88. The highest BCUT2D eigenvalue weighted by atomic mass is 16.5. The number of nitrogens with two attached hydrogens (primary N) is 1. The van der Waals surface area contributed by atoms with Gasteiger partial charge in [0, 0.05) is 0 Å². The van der Waals surface area contributed by atoms with Crippen molar-refractivity contribution in [1.82, 2.24) is 9.97 Å². The molecule has 0 saturated heterocycles. The van der Waals surface area contributed by atoms with E-state index < -0.39 is 0 Å². The number of anilines is 1. The monoisotopic (exact) mass is 271 g/mol. The molecule has 0 radical (unpaired) electrons. The van der Waals surface area contributed by atoms with Gasteiger partial charge in [0.05, 0.1) is 5.56 Å². The fraction of sp³-hybridized carbons (Fsp3) is 0.375. The third-order valence-electron chi connectivity index (χ3n) is 3.17. The minimum Gasteiger partial charge on any atom is -0.439 e. The maximum atomic E-state index is 5.88. The van der Waals surface area contributed by atoms with E-state index in [-0.39, 0.29) is 5.41 Å². The molecular weight excluding hydrogens is 250 g/mol. The molecule has 0 aliphatic carbocycles. The van der Waals surface area contributed by atoms with Crippen molar-refractivity contribution in [1.29, 1.82) is 0 Å². The van der Waals surface area contributed by atoms with Gasteiger partial charge in [-0.15, -0.1) is 0 Å². The molecule has 2 aromatic rings. The first kappa shape index (κ1) is 14.3. The summed E-state index contributed by atoms with van der Waals surface area (Å²) in [6.45, 7) is 10.2. The first-order valence-electron chi connectivity index (χ1n) is 6.66.